The van der Waals surface area contributed by atoms with Crippen molar-refractivity contribution < 1.29 is 13.2 Å². The van der Waals surface area contributed by atoms with Crippen LogP contribution in [0.3, 0.4) is 0 Å². The molecule has 0 saturated carbocycles. The van der Waals surface area contributed by atoms with Crippen molar-refractivity contribution in [3.63, 3.8) is 0 Å². The molecular formula is C11H10F3N3O. The zero-order valence-electron chi connectivity index (χ0n) is 9.24. The number of nitrogens with two attached hydrogens (primary N) is 1. The molecule has 2 aromatic rings. The molecule has 2 N–H and O–H groups in total. The first-order valence-electron chi connectivity index (χ1n) is 5.21. The van der Waals surface area contributed by atoms with Crippen LogP contribution in [0, 0.1) is 0 Å². The number of fused-ring (bicyclic) bond motifs is 1. The highest BCUT2D eigenvalue weighted by Gasteiger charge is 2.30. The highest BCUT2D eigenvalue weighted by atomic mass is 19.4. The summed E-state index contributed by atoms with van der Waals surface area (Å²) in [5, 5.41) is 0. The molecular weight excluding hydrogens is 247 g/mol. The molecule has 0 amide bonds. The molecule has 0 spiro atoms. The van der Waals surface area contributed by atoms with Crippen LogP contribution in [-0.2, 0) is 12.6 Å². The fourth-order valence-electron chi connectivity index (χ4n) is 1.60. The summed E-state index contributed by atoms with van der Waals surface area (Å²) in [5.74, 6) is 0. The smallest absolute Gasteiger partial charge is 0.330 e. The molecule has 0 fully saturated rings. The minimum Gasteiger partial charge on any atom is -0.330 e. The quantitative estimate of drug-likeness (QED) is 0.879. The minimum atomic E-state index is -4.48. The summed E-state index contributed by atoms with van der Waals surface area (Å²) >= 11 is 0. The minimum absolute atomic E-state index is 0.180. The number of nitrogens with zero attached hydrogens (tertiary/aromatic N) is 2. The van der Waals surface area contributed by atoms with E-state index in [1.807, 2.05) is 0 Å². The number of hydrogen-bond acceptors (Lipinski definition) is 3. The summed E-state index contributed by atoms with van der Waals surface area (Å²) in [7, 11) is 0. The molecule has 18 heavy (non-hydrogen) atoms. The van der Waals surface area contributed by atoms with Crippen LogP contribution in [0.4, 0.5) is 13.2 Å². The van der Waals surface area contributed by atoms with Crippen molar-refractivity contribution in [3.8, 4) is 0 Å². The molecule has 0 aromatic carbocycles. The van der Waals surface area contributed by atoms with Crippen LogP contribution in [0.15, 0.2) is 29.2 Å². The molecule has 0 saturated heterocycles. The molecule has 0 radical (unpaired) electrons. The van der Waals surface area contributed by atoms with Gasteiger partial charge in [0.2, 0.25) is 0 Å². The normalized spacial score (nSPS) is 12.0. The van der Waals surface area contributed by atoms with E-state index < -0.39 is 17.3 Å². The number of halogens is 3. The van der Waals surface area contributed by atoms with E-state index in [1.165, 1.54) is 12.1 Å². The van der Waals surface area contributed by atoms with Crippen molar-refractivity contribution in [3.05, 3.63) is 46.0 Å². The van der Waals surface area contributed by atoms with Crippen molar-refractivity contribution in [2.75, 3.05) is 6.54 Å². The van der Waals surface area contributed by atoms with Crippen molar-refractivity contribution in [2.24, 2.45) is 5.73 Å². The van der Waals surface area contributed by atoms with Crippen LogP contribution in [-0.4, -0.2) is 15.9 Å². The molecule has 2 heterocycles. The molecule has 0 atom stereocenters. The summed E-state index contributed by atoms with van der Waals surface area (Å²) < 4.78 is 38.4. The predicted octanol–water partition coefficient (Wildman–Crippen LogP) is 1.21. The van der Waals surface area contributed by atoms with Crippen LogP contribution < -0.4 is 11.3 Å². The lowest BCUT2D eigenvalue weighted by molar-refractivity contribution is -0.137. The van der Waals surface area contributed by atoms with Gasteiger partial charge in [-0.25, -0.2) is 4.98 Å². The van der Waals surface area contributed by atoms with Crippen molar-refractivity contribution in [1.82, 2.24) is 9.38 Å². The molecule has 2 aromatic heterocycles. The number of pyridine rings is 1. The Labute approximate surface area is 99.9 Å². The standard InChI is InChI=1S/C11H10F3N3O/c12-11(13,14)7-1-2-9-16-8(3-4-15)5-10(18)17(9)6-7/h1-2,5-6H,3-4,15H2. The SMILES string of the molecule is NCCc1cc(=O)n2cc(C(F)(F)F)ccc2n1. The lowest BCUT2D eigenvalue weighted by Gasteiger charge is -2.08. The van der Waals surface area contributed by atoms with Gasteiger partial charge in [-0.15, -0.1) is 0 Å². The van der Waals surface area contributed by atoms with Gasteiger partial charge in [0.15, 0.2) is 0 Å². The van der Waals surface area contributed by atoms with E-state index in [0.717, 1.165) is 16.7 Å². The Morgan fingerprint density at radius 1 is 1.33 bits per heavy atom. The maximum Gasteiger partial charge on any atom is 0.417 e. The van der Waals surface area contributed by atoms with Gasteiger partial charge >= 0.3 is 6.18 Å². The summed E-state index contributed by atoms with van der Waals surface area (Å²) in [6, 6.07) is 3.26. The zero-order valence-corrected chi connectivity index (χ0v) is 9.24. The van der Waals surface area contributed by atoms with Crippen molar-refractivity contribution in [2.45, 2.75) is 12.6 Å². The Morgan fingerprint density at radius 2 is 2.06 bits per heavy atom. The summed E-state index contributed by atoms with van der Waals surface area (Å²) in [6.45, 7) is 0.323. The molecule has 0 unspecified atom stereocenters. The Balaban J connectivity index is 2.62. The summed E-state index contributed by atoms with van der Waals surface area (Å²) in [6.07, 6.45) is -3.33. The first-order chi connectivity index (χ1) is 8.41. The molecule has 0 aliphatic rings. The lowest BCUT2D eigenvalue weighted by atomic mass is 10.2. The summed E-state index contributed by atoms with van der Waals surface area (Å²) in [5.41, 5.74) is 4.56. The lowest BCUT2D eigenvalue weighted by Crippen LogP contribution is -2.19. The Hall–Kier alpha value is -1.89. The monoisotopic (exact) mass is 257 g/mol. The average Bonchev–Trinajstić information content (AvgIpc) is 2.27. The molecule has 0 bridgehead atoms. The average molecular weight is 257 g/mol. The molecule has 4 nitrogen and oxygen atoms in total. The third-order valence-electron chi connectivity index (χ3n) is 2.44. The van der Waals surface area contributed by atoms with Crippen LogP contribution in [0.5, 0.6) is 0 Å². The second-order valence-corrected chi connectivity index (χ2v) is 3.77. The van der Waals surface area contributed by atoms with Gasteiger partial charge < -0.3 is 5.73 Å². The Morgan fingerprint density at radius 3 is 2.67 bits per heavy atom. The number of rotatable bonds is 2. The number of alkyl halides is 3. The van der Waals surface area contributed by atoms with Crippen LogP contribution >= 0.6 is 0 Å². The molecule has 2 rings (SSSR count). The Kier molecular flexibility index (Phi) is 3.08. The van der Waals surface area contributed by atoms with Crippen molar-refractivity contribution >= 4 is 5.65 Å². The van der Waals surface area contributed by atoms with Crippen molar-refractivity contribution in [1.29, 1.82) is 0 Å². The van der Waals surface area contributed by atoms with Gasteiger partial charge in [0.05, 0.1) is 5.56 Å². The van der Waals surface area contributed by atoms with Gasteiger partial charge in [-0.3, -0.25) is 9.20 Å². The van der Waals surface area contributed by atoms with E-state index in [9.17, 15) is 18.0 Å². The molecule has 7 heteroatoms. The predicted molar refractivity (Wildman–Crippen MR) is 59.2 cm³/mol. The van der Waals surface area contributed by atoms with Crippen LogP contribution in [0.25, 0.3) is 5.65 Å². The fourth-order valence-corrected chi connectivity index (χ4v) is 1.60. The highest BCUT2D eigenvalue weighted by molar-refractivity contribution is 5.40. The van der Waals surface area contributed by atoms with E-state index in [0.29, 0.717) is 18.7 Å². The Bertz CT molecular complexity index is 633. The maximum atomic E-state index is 12.5. The van der Waals surface area contributed by atoms with Gasteiger partial charge in [0.1, 0.15) is 5.65 Å². The van der Waals surface area contributed by atoms with E-state index in [-0.39, 0.29) is 5.65 Å². The third-order valence-corrected chi connectivity index (χ3v) is 2.44. The topological polar surface area (TPSA) is 60.4 Å². The van der Waals surface area contributed by atoms with Gasteiger partial charge in [0.25, 0.3) is 5.56 Å². The molecule has 96 valence electrons. The van der Waals surface area contributed by atoms with Gasteiger partial charge in [0, 0.05) is 24.4 Å². The molecule has 0 aliphatic carbocycles. The van der Waals surface area contributed by atoms with E-state index in [4.69, 9.17) is 5.73 Å². The second kappa shape index (κ2) is 4.41. The number of aromatic nitrogens is 2. The third kappa shape index (κ3) is 2.35. The van der Waals surface area contributed by atoms with Crippen LogP contribution in [0.2, 0.25) is 0 Å². The first-order valence-corrected chi connectivity index (χ1v) is 5.21. The van der Waals surface area contributed by atoms with Gasteiger partial charge in [-0.1, -0.05) is 0 Å². The number of hydrogen-bond donors (Lipinski definition) is 1. The van der Waals surface area contributed by atoms with E-state index in [1.54, 1.807) is 0 Å². The fraction of sp³-hybridized carbons (Fsp3) is 0.273. The maximum absolute atomic E-state index is 12.5. The highest BCUT2D eigenvalue weighted by Crippen LogP contribution is 2.28. The first kappa shape index (κ1) is 12.6. The van der Waals surface area contributed by atoms with Gasteiger partial charge in [-0.05, 0) is 18.7 Å². The van der Waals surface area contributed by atoms with E-state index >= 15 is 0 Å². The van der Waals surface area contributed by atoms with Crippen LogP contribution in [0.1, 0.15) is 11.3 Å². The molecule has 0 aliphatic heterocycles. The van der Waals surface area contributed by atoms with Gasteiger partial charge in [-0.2, -0.15) is 13.2 Å². The van der Waals surface area contributed by atoms with E-state index in [2.05, 4.69) is 4.98 Å². The summed E-state index contributed by atoms with van der Waals surface area (Å²) in [4.78, 5) is 15.7. The zero-order chi connectivity index (χ0) is 13.3. The largest absolute Gasteiger partial charge is 0.417 e. The second-order valence-electron chi connectivity index (χ2n) is 3.77.